The van der Waals surface area contributed by atoms with Crippen LogP contribution in [0.15, 0.2) is 84.9 Å². The fourth-order valence-corrected chi connectivity index (χ4v) is 4.68. The minimum atomic E-state index is -4.43. The van der Waals surface area contributed by atoms with Gasteiger partial charge in [0.25, 0.3) is 0 Å². The van der Waals surface area contributed by atoms with Gasteiger partial charge in [-0.1, -0.05) is 72.8 Å². The molecule has 3 aromatic carbocycles. The van der Waals surface area contributed by atoms with Crippen molar-refractivity contribution in [1.29, 1.82) is 0 Å². The smallest absolute Gasteiger partial charge is 0.416 e. The third-order valence-corrected chi connectivity index (χ3v) is 6.09. The molecular formula is C28H28F3NO2. The molecule has 0 bridgehead atoms. The summed E-state index contributed by atoms with van der Waals surface area (Å²) in [7, 11) is 0. The maximum atomic E-state index is 13.6. The molecule has 6 heteroatoms. The fraction of sp³-hybridized carbons (Fsp3) is 0.321. The highest BCUT2D eigenvalue weighted by Gasteiger charge is 2.47. The first-order valence-electron chi connectivity index (χ1n) is 11.3. The summed E-state index contributed by atoms with van der Waals surface area (Å²) in [5, 5.41) is 0. The lowest BCUT2D eigenvalue weighted by atomic mass is 9.86. The molecule has 1 amide bonds. The monoisotopic (exact) mass is 467 g/mol. The molecule has 178 valence electrons. The summed E-state index contributed by atoms with van der Waals surface area (Å²) in [6, 6.07) is 23.9. The maximum Gasteiger partial charge on any atom is 0.416 e. The largest absolute Gasteiger partial charge is 0.444 e. The van der Waals surface area contributed by atoms with Gasteiger partial charge in [-0.15, -0.1) is 0 Å². The van der Waals surface area contributed by atoms with Crippen molar-refractivity contribution in [3.05, 3.63) is 107 Å². The number of carbonyl (C=O) groups excluding carboxylic acids is 1. The number of amides is 1. The number of hydrogen-bond donors (Lipinski definition) is 0. The van der Waals surface area contributed by atoms with E-state index < -0.39 is 29.5 Å². The Morgan fingerprint density at radius 3 is 1.82 bits per heavy atom. The Morgan fingerprint density at radius 1 is 0.794 bits per heavy atom. The van der Waals surface area contributed by atoms with Crippen molar-refractivity contribution in [3.63, 3.8) is 0 Å². The number of benzene rings is 3. The molecule has 3 nitrogen and oxygen atoms in total. The summed E-state index contributed by atoms with van der Waals surface area (Å²) < 4.78 is 45.5. The Bertz CT molecular complexity index is 1110. The van der Waals surface area contributed by atoms with E-state index in [9.17, 15) is 18.0 Å². The van der Waals surface area contributed by atoms with E-state index in [1.54, 1.807) is 25.7 Å². The second-order valence-electron chi connectivity index (χ2n) is 9.63. The minimum Gasteiger partial charge on any atom is -0.444 e. The van der Waals surface area contributed by atoms with Crippen LogP contribution in [0.1, 0.15) is 67.4 Å². The van der Waals surface area contributed by atoms with Gasteiger partial charge in [0, 0.05) is 5.92 Å². The van der Waals surface area contributed by atoms with Crippen molar-refractivity contribution < 1.29 is 22.7 Å². The van der Waals surface area contributed by atoms with E-state index in [2.05, 4.69) is 0 Å². The van der Waals surface area contributed by atoms with Gasteiger partial charge in [0.1, 0.15) is 5.60 Å². The summed E-state index contributed by atoms with van der Waals surface area (Å²) in [6.45, 7) is 5.42. The van der Waals surface area contributed by atoms with Gasteiger partial charge in [0.05, 0.1) is 17.6 Å². The predicted molar refractivity (Wildman–Crippen MR) is 125 cm³/mol. The molecule has 1 fully saturated rings. The van der Waals surface area contributed by atoms with Crippen LogP contribution in [0.3, 0.4) is 0 Å². The van der Waals surface area contributed by atoms with Gasteiger partial charge in [-0.3, -0.25) is 4.90 Å². The van der Waals surface area contributed by atoms with Crippen LogP contribution in [0, 0.1) is 0 Å². The van der Waals surface area contributed by atoms with Gasteiger partial charge < -0.3 is 4.74 Å². The third kappa shape index (κ3) is 5.11. The standard InChI is InChI=1S/C28H28F3NO2/c1-27(2,3)34-26(33)32-24(20-12-8-5-9-13-20)18-23(19-10-6-4-7-11-19)25(32)21-14-16-22(17-15-21)28(29,30)31/h4-17,23-25H,18H2,1-3H3/t23-,24+,25+/m1/s1. The average Bonchev–Trinajstić information content (AvgIpc) is 3.20. The van der Waals surface area contributed by atoms with Crippen molar-refractivity contribution >= 4 is 6.09 Å². The van der Waals surface area contributed by atoms with Crippen LogP contribution in [0.2, 0.25) is 0 Å². The van der Waals surface area contributed by atoms with Gasteiger partial charge in [-0.05, 0) is 56.0 Å². The first-order valence-corrected chi connectivity index (χ1v) is 11.3. The zero-order valence-corrected chi connectivity index (χ0v) is 19.4. The molecule has 3 aromatic rings. The highest BCUT2D eigenvalue weighted by molar-refractivity contribution is 5.71. The molecular weight excluding hydrogens is 439 g/mol. The van der Waals surface area contributed by atoms with Crippen molar-refractivity contribution in [3.8, 4) is 0 Å². The summed E-state index contributed by atoms with van der Waals surface area (Å²) in [5.74, 6) is -0.115. The van der Waals surface area contributed by atoms with Gasteiger partial charge in [0.2, 0.25) is 0 Å². The predicted octanol–water partition coefficient (Wildman–Crippen LogP) is 7.91. The maximum absolute atomic E-state index is 13.6. The zero-order chi connectivity index (χ0) is 24.5. The zero-order valence-electron chi connectivity index (χ0n) is 19.4. The first kappa shape index (κ1) is 23.9. The second-order valence-corrected chi connectivity index (χ2v) is 9.63. The number of nitrogens with zero attached hydrogens (tertiary/aromatic N) is 1. The Morgan fingerprint density at radius 2 is 1.32 bits per heavy atom. The van der Waals surface area contributed by atoms with Crippen LogP contribution >= 0.6 is 0 Å². The van der Waals surface area contributed by atoms with Gasteiger partial charge in [0.15, 0.2) is 0 Å². The van der Waals surface area contributed by atoms with Crippen molar-refractivity contribution in [1.82, 2.24) is 4.90 Å². The molecule has 0 spiro atoms. The quantitative estimate of drug-likeness (QED) is 0.392. The van der Waals surface area contributed by atoms with E-state index in [4.69, 9.17) is 4.74 Å². The molecule has 1 aliphatic heterocycles. The lowest BCUT2D eigenvalue weighted by Crippen LogP contribution is -2.38. The van der Waals surface area contributed by atoms with E-state index in [1.165, 1.54) is 12.1 Å². The number of alkyl halides is 3. The Labute approximate surface area is 198 Å². The van der Waals surface area contributed by atoms with Crippen LogP contribution in [0.4, 0.5) is 18.0 Å². The number of likely N-dealkylation sites (tertiary alicyclic amines) is 1. The second kappa shape index (κ2) is 9.16. The topological polar surface area (TPSA) is 29.5 Å². The molecule has 0 saturated carbocycles. The number of ether oxygens (including phenoxy) is 1. The van der Waals surface area contributed by atoms with Crippen molar-refractivity contribution in [2.24, 2.45) is 0 Å². The number of halogens is 3. The average molecular weight is 468 g/mol. The van der Waals surface area contributed by atoms with E-state index in [0.29, 0.717) is 12.0 Å². The number of hydrogen-bond acceptors (Lipinski definition) is 2. The van der Waals surface area contributed by atoms with Crippen LogP contribution in [0.25, 0.3) is 0 Å². The van der Waals surface area contributed by atoms with Gasteiger partial charge in [-0.25, -0.2) is 4.79 Å². The number of carbonyl (C=O) groups is 1. The highest BCUT2D eigenvalue weighted by Crippen LogP contribution is 2.53. The highest BCUT2D eigenvalue weighted by atomic mass is 19.4. The summed E-state index contributed by atoms with van der Waals surface area (Å²) in [4.78, 5) is 15.3. The Balaban J connectivity index is 1.84. The SMILES string of the molecule is CC(C)(C)OC(=O)N1[C@H](c2ccccc2)C[C@H](c2ccccc2)[C@@H]1c1ccc(C(F)(F)F)cc1. The molecule has 0 radical (unpaired) electrons. The lowest BCUT2D eigenvalue weighted by Gasteiger charge is -2.34. The van der Waals surface area contributed by atoms with E-state index >= 15 is 0 Å². The molecule has 1 heterocycles. The minimum absolute atomic E-state index is 0.115. The molecule has 34 heavy (non-hydrogen) atoms. The molecule has 0 unspecified atom stereocenters. The summed E-state index contributed by atoms with van der Waals surface area (Å²) in [5.41, 5.74) is 1.21. The van der Waals surface area contributed by atoms with Gasteiger partial charge in [-0.2, -0.15) is 13.2 Å². The Hall–Kier alpha value is -3.28. The van der Waals surface area contributed by atoms with Crippen LogP contribution < -0.4 is 0 Å². The van der Waals surface area contributed by atoms with Crippen LogP contribution in [-0.4, -0.2) is 16.6 Å². The lowest BCUT2D eigenvalue weighted by molar-refractivity contribution is -0.137. The van der Waals surface area contributed by atoms with Gasteiger partial charge >= 0.3 is 12.3 Å². The summed E-state index contributed by atoms with van der Waals surface area (Å²) in [6.07, 6.45) is -4.28. The molecule has 0 aromatic heterocycles. The molecule has 0 N–H and O–H groups in total. The van der Waals surface area contributed by atoms with Crippen LogP contribution in [0.5, 0.6) is 0 Å². The van der Waals surface area contributed by atoms with E-state index in [1.807, 2.05) is 60.7 Å². The molecule has 1 aliphatic rings. The third-order valence-electron chi connectivity index (χ3n) is 6.09. The van der Waals surface area contributed by atoms with Crippen LogP contribution in [-0.2, 0) is 10.9 Å². The molecule has 4 rings (SSSR count). The Kier molecular flexibility index (Phi) is 6.43. The molecule has 3 atom stereocenters. The fourth-order valence-electron chi connectivity index (χ4n) is 4.68. The summed E-state index contributed by atoms with van der Waals surface area (Å²) >= 11 is 0. The first-order chi connectivity index (χ1) is 16.0. The van der Waals surface area contributed by atoms with E-state index in [0.717, 1.165) is 23.3 Å². The van der Waals surface area contributed by atoms with E-state index in [-0.39, 0.29) is 12.0 Å². The van der Waals surface area contributed by atoms with Crippen molar-refractivity contribution in [2.45, 2.75) is 57.0 Å². The normalized spacial score (nSPS) is 20.9. The molecule has 0 aliphatic carbocycles. The van der Waals surface area contributed by atoms with Crippen molar-refractivity contribution in [2.75, 3.05) is 0 Å². The molecule has 1 saturated heterocycles. The number of rotatable bonds is 3.